The third-order valence-corrected chi connectivity index (χ3v) is 7.53. The SMILES string of the molecule is CCOc1nc(N2CCNCC2)nc2c1sc1nc(-c3ccccc3)c3c(c12)CCCC3. The highest BCUT2D eigenvalue weighted by molar-refractivity contribution is 7.25. The van der Waals surface area contributed by atoms with Gasteiger partial charge in [-0.05, 0) is 43.7 Å². The molecule has 0 spiro atoms. The second-order valence-electron chi connectivity index (χ2n) is 8.45. The zero-order valence-electron chi connectivity index (χ0n) is 18.4. The summed E-state index contributed by atoms with van der Waals surface area (Å²) in [6, 6.07) is 10.6. The second-order valence-corrected chi connectivity index (χ2v) is 9.45. The molecule has 4 aromatic rings. The van der Waals surface area contributed by atoms with Crippen molar-refractivity contribution >= 4 is 37.7 Å². The maximum Gasteiger partial charge on any atom is 0.236 e. The second kappa shape index (κ2) is 8.30. The highest BCUT2D eigenvalue weighted by Crippen LogP contribution is 2.44. The number of ether oxygens (including phenoxy) is 1. The van der Waals surface area contributed by atoms with Crippen LogP contribution in [0.3, 0.4) is 0 Å². The summed E-state index contributed by atoms with van der Waals surface area (Å²) < 4.78 is 7.05. The number of hydrogen-bond donors (Lipinski definition) is 1. The normalized spacial score (nSPS) is 16.5. The van der Waals surface area contributed by atoms with Crippen LogP contribution in [-0.2, 0) is 12.8 Å². The standard InChI is InChI=1S/C25H27N5OS/c1-2-31-23-22-21(28-25(29-23)30-14-12-26-13-15-30)19-17-10-6-7-11-18(17)20(27-24(19)32-22)16-8-4-3-5-9-16/h3-5,8-9,26H,2,6-7,10-15H2,1H3. The van der Waals surface area contributed by atoms with E-state index in [1.54, 1.807) is 11.3 Å². The van der Waals surface area contributed by atoms with E-state index in [0.29, 0.717) is 12.5 Å². The third kappa shape index (κ3) is 3.31. The largest absolute Gasteiger partial charge is 0.477 e. The van der Waals surface area contributed by atoms with Crippen molar-refractivity contribution < 1.29 is 4.74 Å². The van der Waals surface area contributed by atoms with Crippen molar-refractivity contribution in [2.75, 3.05) is 37.7 Å². The number of rotatable bonds is 4. The summed E-state index contributed by atoms with van der Waals surface area (Å²) in [4.78, 5) is 18.5. The molecule has 32 heavy (non-hydrogen) atoms. The zero-order valence-corrected chi connectivity index (χ0v) is 19.2. The smallest absolute Gasteiger partial charge is 0.236 e. The molecule has 164 valence electrons. The lowest BCUT2D eigenvalue weighted by molar-refractivity contribution is 0.331. The van der Waals surface area contributed by atoms with Crippen LogP contribution in [0.25, 0.3) is 31.7 Å². The number of nitrogens with zero attached hydrogens (tertiary/aromatic N) is 4. The molecule has 3 aromatic heterocycles. The molecule has 6 rings (SSSR count). The number of piperazine rings is 1. The highest BCUT2D eigenvalue weighted by Gasteiger charge is 2.26. The molecule has 4 heterocycles. The van der Waals surface area contributed by atoms with E-state index in [4.69, 9.17) is 19.7 Å². The average molecular weight is 446 g/mol. The number of hydrogen-bond acceptors (Lipinski definition) is 7. The molecular weight excluding hydrogens is 418 g/mol. The average Bonchev–Trinajstić information content (AvgIpc) is 3.24. The quantitative estimate of drug-likeness (QED) is 0.496. The Morgan fingerprint density at radius 2 is 1.78 bits per heavy atom. The summed E-state index contributed by atoms with van der Waals surface area (Å²) in [6.45, 7) is 6.32. The number of aromatic nitrogens is 3. The molecule has 1 N–H and O–H groups in total. The minimum atomic E-state index is 0.585. The van der Waals surface area contributed by atoms with E-state index >= 15 is 0 Å². The van der Waals surface area contributed by atoms with Gasteiger partial charge in [0.15, 0.2) is 0 Å². The van der Waals surface area contributed by atoms with E-state index in [1.165, 1.54) is 34.9 Å². The Morgan fingerprint density at radius 1 is 1.00 bits per heavy atom. The first-order valence-electron chi connectivity index (χ1n) is 11.6. The number of fused-ring (bicyclic) bond motifs is 5. The zero-order chi connectivity index (χ0) is 21.5. The van der Waals surface area contributed by atoms with Gasteiger partial charge in [0.1, 0.15) is 15.0 Å². The highest BCUT2D eigenvalue weighted by atomic mass is 32.1. The van der Waals surface area contributed by atoms with E-state index < -0.39 is 0 Å². The predicted octanol–water partition coefficient (Wildman–Crippen LogP) is 4.59. The number of thiophene rings is 1. The van der Waals surface area contributed by atoms with Crippen molar-refractivity contribution in [1.29, 1.82) is 0 Å². The van der Waals surface area contributed by atoms with Gasteiger partial charge in [0, 0.05) is 37.1 Å². The van der Waals surface area contributed by atoms with Gasteiger partial charge in [0.2, 0.25) is 11.8 Å². The number of benzene rings is 1. The summed E-state index contributed by atoms with van der Waals surface area (Å²) in [5, 5.41) is 4.63. The molecule has 1 saturated heterocycles. The van der Waals surface area contributed by atoms with Crippen LogP contribution in [0.5, 0.6) is 5.88 Å². The topological polar surface area (TPSA) is 63.2 Å². The van der Waals surface area contributed by atoms with Gasteiger partial charge in [-0.2, -0.15) is 4.98 Å². The number of aryl methyl sites for hydroxylation is 1. The van der Waals surface area contributed by atoms with Crippen LogP contribution in [-0.4, -0.2) is 47.7 Å². The Bertz CT molecular complexity index is 1280. The van der Waals surface area contributed by atoms with Gasteiger partial charge < -0.3 is 15.0 Å². The summed E-state index contributed by atoms with van der Waals surface area (Å²) in [7, 11) is 0. The van der Waals surface area contributed by atoms with Crippen LogP contribution in [0.15, 0.2) is 30.3 Å². The summed E-state index contributed by atoms with van der Waals surface area (Å²) >= 11 is 1.67. The summed E-state index contributed by atoms with van der Waals surface area (Å²) in [6.07, 6.45) is 4.59. The molecule has 6 nitrogen and oxygen atoms in total. The monoisotopic (exact) mass is 445 g/mol. The summed E-state index contributed by atoms with van der Waals surface area (Å²) in [5.74, 6) is 1.47. The number of pyridine rings is 1. The molecule has 0 unspecified atom stereocenters. The van der Waals surface area contributed by atoms with E-state index in [1.807, 2.05) is 6.92 Å². The molecular formula is C25H27N5OS. The lowest BCUT2D eigenvalue weighted by Crippen LogP contribution is -2.44. The van der Waals surface area contributed by atoms with Crippen molar-refractivity contribution in [1.82, 2.24) is 20.3 Å². The van der Waals surface area contributed by atoms with E-state index in [-0.39, 0.29) is 0 Å². The molecule has 0 amide bonds. The molecule has 7 heteroatoms. The van der Waals surface area contributed by atoms with Crippen LogP contribution in [0, 0.1) is 0 Å². The van der Waals surface area contributed by atoms with Crippen LogP contribution in [0.4, 0.5) is 5.95 Å². The molecule has 0 atom stereocenters. The minimum absolute atomic E-state index is 0.585. The van der Waals surface area contributed by atoms with Crippen LogP contribution in [0.1, 0.15) is 30.9 Å². The minimum Gasteiger partial charge on any atom is -0.477 e. The first-order chi connectivity index (χ1) is 15.8. The van der Waals surface area contributed by atoms with Crippen molar-refractivity contribution in [2.24, 2.45) is 0 Å². The Labute approximate surface area is 191 Å². The van der Waals surface area contributed by atoms with Gasteiger partial charge in [0.25, 0.3) is 0 Å². The fourth-order valence-electron chi connectivity index (χ4n) is 4.97. The number of anilines is 1. The van der Waals surface area contributed by atoms with Crippen LogP contribution in [0.2, 0.25) is 0 Å². The van der Waals surface area contributed by atoms with Crippen LogP contribution < -0.4 is 15.0 Å². The molecule has 1 aliphatic carbocycles. The first-order valence-corrected chi connectivity index (χ1v) is 12.4. The Morgan fingerprint density at radius 3 is 2.56 bits per heavy atom. The molecule has 0 radical (unpaired) electrons. The van der Waals surface area contributed by atoms with Gasteiger partial charge in [-0.1, -0.05) is 30.3 Å². The Hall–Kier alpha value is -2.77. The maximum atomic E-state index is 6.03. The molecule has 2 aliphatic rings. The summed E-state index contributed by atoms with van der Waals surface area (Å²) in [5.41, 5.74) is 6.17. The lowest BCUT2D eigenvalue weighted by Gasteiger charge is -2.27. The van der Waals surface area contributed by atoms with Gasteiger partial charge in [-0.3, -0.25) is 0 Å². The molecule has 1 aromatic carbocycles. The molecule has 1 fully saturated rings. The van der Waals surface area contributed by atoms with Gasteiger partial charge in [-0.25, -0.2) is 9.97 Å². The van der Waals surface area contributed by atoms with E-state index in [9.17, 15) is 0 Å². The van der Waals surface area contributed by atoms with Gasteiger partial charge in [-0.15, -0.1) is 11.3 Å². The van der Waals surface area contributed by atoms with Gasteiger partial charge >= 0.3 is 0 Å². The fourth-order valence-corrected chi connectivity index (χ4v) is 6.06. The van der Waals surface area contributed by atoms with Crippen molar-refractivity contribution in [2.45, 2.75) is 32.6 Å². The predicted molar refractivity (Wildman–Crippen MR) is 131 cm³/mol. The maximum absolute atomic E-state index is 6.03. The van der Waals surface area contributed by atoms with E-state index in [2.05, 4.69) is 40.5 Å². The van der Waals surface area contributed by atoms with Crippen molar-refractivity contribution in [3.05, 3.63) is 41.5 Å². The Kier molecular flexibility index (Phi) is 5.15. The molecule has 0 bridgehead atoms. The molecule has 1 aliphatic heterocycles. The fraction of sp³-hybridized carbons (Fsp3) is 0.400. The van der Waals surface area contributed by atoms with Gasteiger partial charge in [0.05, 0.1) is 12.3 Å². The third-order valence-electron chi connectivity index (χ3n) is 6.47. The van der Waals surface area contributed by atoms with E-state index in [0.717, 1.165) is 65.7 Å². The molecule has 0 saturated carbocycles. The Balaban J connectivity index is 1.63. The first kappa shape index (κ1) is 19.9. The van der Waals surface area contributed by atoms with Crippen LogP contribution >= 0.6 is 11.3 Å². The lowest BCUT2D eigenvalue weighted by atomic mass is 9.87. The van der Waals surface area contributed by atoms with Crippen molar-refractivity contribution in [3.63, 3.8) is 0 Å². The van der Waals surface area contributed by atoms with Crippen molar-refractivity contribution in [3.8, 4) is 17.1 Å². The number of nitrogens with one attached hydrogen (secondary N) is 1.